The Kier molecular flexibility index (Phi) is 7.06. The fourth-order valence-corrected chi connectivity index (χ4v) is 3.92. The number of carboxylic acids is 1. The van der Waals surface area contributed by atoms with Crippen LogP contribution in [0.5, 0.6) is 0 Å². The van der Waals surface area contributed by atoms with E-state index in [0.29, 0.717) is 25.8 Å². The highest BCUT2D eigenvalue weighted by atomic mass is 16.5. The first-order valence-corrected chi connectivity index (χ1v) is 10.1. The molecule has 2 amide bonds. The Labute approximate surface area is 175 Å². The zero-order valence-corrected chi connectivity index (χ0v) is 16.7. The van der Waals surface area contributed by atoms with Crippen LogP contribution in [0.15, 0.2) is 48.5 Å². The van der Waals surface area contributed by atoms with Crippen molar-refractivity contribution < 1.29 is 24.2 Å². The molecule has 0 saturated heterocycles. The number of hydrogen-bond donors (Lipinski definition) is 3. The molecule has 158 valence electrons. The second kappa shape index (κ2) is 9.91. The molecule has 0 heterocycles. The highest BCUT2D eigenvalue weighted by molar-refractivity contribution is 5.80. The molecule has 4 N–H and O–H groups in total. The topological polar surface area (TPSA) is 119 Å². The van der Waals surface area contributed by atoms with Crippen molar-refractivity contribution in [3.63, 3.8) is 0 Å². The molecule has 1 aliphatic carbocycles. The lowest BCUT2D eigenvalue weighted by molar-refractivity contribution is -0.152. The normalized spacial score (nSPS) is 13.2. The molecule has 0 bridgehead atoms. The van der Waals surface area contributed by atoms with Crippen molar-refractivity contribution in [2.75, 3.05) is 13.2 Å². The number of amides is 2. The summed E-state index contributed by atoms with van der Waals surface area (Å²) >= 11 is 0. The largest absolute Gasteiger partial charge is 0.481 e. The summed E-state index contributed by atoms with van der Waals surface area (Å²) in [5.41, 5.74) is 9.50. The highest BCUT2D eigenvalue weighted by Crippen LogP contribution is 2.44. The van der Waals surface area contributed by atoms with E-state index in [4.69, 9.17) is 10.5 Å². The minimum Gasteiger partial charge on any atom is -0.481 e. The maximum absolute atomic E-state index is 12.4. The Morgan fingerprint density at radius 1 is 1.00 bits per heavy atom. The number of benzene rings is 2. The van der Waals surface area contributed by atoms with E-state index in [1.54, 1.807) is 0 Å². The van der Waals surface area contributed by atoms with Gasteiger partial charge in [0.25, 0.3) is 0 Å². The standard InChI is InChI=1S/C23H26N2O5/c24-23(29)25-12-6-5-7-15(22(27)28)13-21(26)30-14-20-18-10-3-1-8-16(18)17-9-2-4-11-19(17)20/h1-4,8-11,15,20H,5-7,12-14H2,(H,27,28)(H3,24,25,29)/t15-/m1/s1. The van der Waals surface area contributed by atoms with Crippen molar-refractivity contribution >= 4 is 18.0 Å². The highest BCUT2D eigenvalue weighted by Gasteiger charge is 2.29. The van der Waals surface area contributed by atoms with Gasteiger partial charge in [0.15, 0.2) is 0 Å². The summed E-state index contributed by atoms with van der Waals surface area (Å²) in [7, 11) is 0. The minimum atomic E-state index is -1.02. The van der Waals surface area contributed by atoms with Crippen molar-refractivity contribution in [3.05, 3.63) is 59.7 Å². The second-order valence-corrected chi connectivity index (χ2v) is 7.44. The smallest absolute Gasteiger partial charge is 0.312 e. The van der Waals surface area contributed by atoms with Gasteiger partial charge >= 0.3 is 18.0 Å². The van der Waals surface area contributed by atoms with Crippen LogP contribution in [-0.4, -0.2) is 36.2 Å². The van der Waals surface area contributed by atoms with Crippen molar-refractivity contribution in [2.24, 2.45) is 11.7 Å². The second-order valence-electron chi connectivity index (χ2n) is 7.44. The molecule has 3 rings (SSSR count). The zero-order valence-electron chi connectivity index (χ0n) is 16.7. The van der Waals surface area contributed by atoms with Gasteiger partial charge in [0.1, 0.15) is 6.61 Å². The lowest BCUT2D eigenvalue weighted by atomic mass is 9.97. The molecule has 0 spiro atoms. The summed E-state index contributed by atoms with van der Waals surface area (Å²) in [6, 6.07) is 15.5. The Morgan fingerprint density at radius 3 is 2.17 bits per heavy atom. The van der Waals surface area contributed by atoms with E-state index in [1.807, 2.05) is 36.4 Å². The molecule has 1 atom stereocenters. The number of esters is 1. The zero-order chi connectivity index (χ0) is 21.5. The molecule has 7 nitrogen and oxygen atoms in total. The fraction of sp³-hybridized carbons (Fsp3) is 0.348. The minimum absolute atomic E-state index is 0.0514. The lowest BCUT2D eigenvalue weighted by Gasteiger charge is -2.16. The van der Waals surface area contributed by atoms with Gasteiger partial charge in [0, 0.05) is 12.5 Å². The Bertz CT molecular complexity index is 882. The molecule has 0 radical (unpaired) electrons. The van der Waals surface area contributed by atoms with E-state index in [0.717, 1.165) is 22.3 Å². The van der Waals surface area contributed by atoms with Gasteiger partial charge in [-0.2, -0.15) is 0 Å². The number of urea groups is 1. The fourth-order valence-electron chi connectivity index (χ4n) is 3.92. The monoisotopic (exact) mass is 410 g/mol. The summed E-state index contributed by atoms with van der Waals surface area (Å²) in [6.07, 6.45) is 1.32. The van der Waals surface area contributed by atoms with E-state index in [2.05, 4.69) is 17.4 Å². The molecular formula is C23H26N2O5. The summed E-state index contributed by atoms with van der Waals surface area (Å²) in [5, 5.41) is 11.9. The van der Waals surface area contributed by atoms with E-state index in [9.17, 15) is 19.5 Å². The maximum atomic E-state index is 12.4. The van der Waals surface area contributed by atoms with Crippen molar-refractivity contribution in [1.82, 2.24) is 5.32 Å². The van der Waals surface area contributed by atoms with Gasteiger partial charge in [0.2, 0.25) is 0 Å². The summed E-state index contributed by atoms with van der Waals surface area (Å²) < 4.78 is 5.50. The van der Waals surface area contributed by atoms with Crippen LogP contribution in [0.4, 0.5) is 4.79 Å². The SMILES string of the molecule is NC(=O)NCCCC[C@H](CC(=O)OCC1c2ccccc2-c2ccccc21)C(=O)O. The van der Waals surface area contributed by atoms with Crippen LogP contribution in [0.3, 0.4) is 0 Å². The predicted molar refractivity (Wildman–Crippen MR) is 112 cm³/mol. The molecule has 2 aromatic carbocycles. The van der Waals surface area contributed by atoms with Crippen molar-refractivity contribution in [2.45, 2.75) is 31.6 Å². The summed E-state index contributed by atoms with van der Waals surface area (Å²) in [6.45, 7) is 0.564. The number of aliphatic carboxylic acids is 1. The molecule has 30 heavy (non-hydrogen) atoms. The first kappa shape index (κ1) is 21.4. The molecule has 0 unspecified atom stereocenters. The lowest BCUT2D eigenvalue weighted by Crippen LogP contribution is -2.30. The number of primary amides is 1. The summed E-state index contributed by atoms with van der Waals surface area (Å²) in [5.74, 6) is -2.40. The quantitative estimate of drug-likeness (QED) is 0.410. The van der Waals surface area contributed by atoms with E-state index >= 15 is 0 Å². The number of carboxylic acid groups (broad SMARTS) is 1. The number of unbranched alkanes of at least 4 members (excludes halogenated alkanes) is 1. The third-order valence-electron chi connectivity index (χ3n) is 5.41. The van der Waals surface area contributed by atoms with Crippen LogP contribution < -0.4 is 11.1 Å². The first-order chi connectivity index (χ1) is 14.5. The maximum Gasteiger partial charge on any atom is 0.312 e. The first-order valence-electron chi connectivity index (χ1n) is 10.1. The van der Waals surface area contributed by atoms with Crippen LogP contribution in [-0.2, 0) is 14.3 Å². The van der Waals surface area contributed by atoms with Gasteiger partial charge in [-0.15, -0.1) is 0 Å². The molecular weight excluding hydrogens is 384 g/mol. The Hall–Kier alpha value is -3.35. The number of ether oxygens (including phenoxy) is 1. The average Bonchev–Trinajstić information content (AvgIpc) is 3.04. The Morgan fingerprint density at radius 2 is 1.60 bits per heavy atom. The van der Waals surface area contributed by atoms with Crippen LogP contribution in [0, 0.1) is 5.92 Å². The molecule has 0 aromatic heterocycles. The number of carbonyl (C=O) groups excluding carboxylic acids is 2. The number of carbonyl (C=O) groups is 3. The van der Waals surface area contributed by atoms with Crippen LogP contribution in [0.1, 0.15) is 42.7 Å². The number of nitrogens with one attached hydrogen (secondary N) is 1. The number of fused-ring (bicyclic) bond motifs is 3. The number of nitrogens with two attached hydrogens (primary N) is 1. The number of hydrogen-bond acceptors (Lipinski definition) is 4. The third-order valence-corrected chi connectivity index (χ3v) is 5.41. The van der Waals surface area contributed by atoms with Crippen LogP contribution >= 0.6 is 0 Å². The van der Waals surface area contributed by atoms with Crippen molar-refractivity contribution in [1.29, 1.82) is 0 Å². The van der Waals surface area contributed by atoms with Gasteiger partial charge in [-0.25, -0.2) is 4.79 Å². The van der Waals surface area contributed by atoms with Gasteiger partial charge in [-0.05, 0) is 35.1 Å². The van der Waals surface area contributed by atoms with Gasteiger partial charge < -0.3 is 20.9 Å². The van der Waals surface area contributed by atoms with E-state index < -0.39 is 23.9 Å². The molecule has 7 heteroatoms. The van der Waals surface area contributed by atoms with Gasteiger partial charge in [0.05, 0.1) is 12.3 Å². The average molecular weight is 410 g/mol. The predicted octanol–water partition coefficient (Wildman–Crippen LogP) is 3.27. The Balaban J connectivity index is 1.54. The molecule has 0 saturated carbocycles. The van der Waals surface area contributed by atoms with Gasteiger partial charge in [-0.3, -0.25) is 9.59 Å². The third kappa shape index (κ3) is 5.17. The number of rotatable bonds is 10. The van der Waals surface area contributed by atoms with Crippen LogP contribution in [0.25, 0.3) is 11.1 Å². The molecule has 0 fully saturated rings. The van der Waals surface area contributed by atoms with Crippen molar-refractivity contribution in [3.8, 4) is 11.1 Å². The summed E-state index contributed by atoms with van der Waals surface area (Å²) in [4.78, 5) is 34.5. The molecule has 2 aromatic rings. The molecule has 1 aliphatic rings. The van der Waals surface area contributed by atoms with E-state index in [1.165, 1.54) is 0 Å². The van der Waals surface area contributed by atoms with E-state index in [-0.39, 0.29) is 18.9 Å². The van der Waals surface area contributed by atoms with Gasteiger partial charge in [-0.1, -0.05) is 55.0 Å². The van der Waals surface area contributed by atoms with Crippen LogP contribution in [0.2, 0.25) is 0 Å². The molecule has 0 aliphatic heterocycles.